The summed E-state index contributed by atoms with van der Waals surface area (Å²) in [6.45, 7) is 3.89. The minimum Gasteiger partial charge on any atom is -0.490 e. The maximum atomic E-state index is 8.47. The largest absolute Gasteiger partial charge is 0.490 e. The zero-order valence-electron chi connectivity index (χ0n) is 8.07. The number of nitrogens with zero attached hydrogens (tertiary/aromatic N) is 1. The molecule has 0 heterocycles. The summed E-state index contributed by atoms with van der Waals surface area (Å²) in [6, 6.07) is 5.55. The lowest BCUT2D eigenvalue weighted by Gasteiger charge is -2.11. The van der Waals surface area contributed by atoms with Crippen molar-refractivity contribution in [1.82, 2.24) is 0 Å². The van der Waals surface area contributed by atoms with Crippen LogP contribution in [0.3, 0.4) is 0 Å². The molecule has 3 nitrogen and oxygen atoms in total. The van der Waals surface area contributed by atoms with Crippen LogP contribution in [0.2, 0.25) is 0 Å². The molecule has 1 N–H and O–H groups in total. The highest BCUT2D eigenvalue weighted by Crippen LogP contribution is 2.22. The Kier molecular flexibility index (Phi) is 3.95. The number of benzene rings is 1. The quantitative estimate of drug-likeness (QED) is 0.514. The molecule has 0 saturated carbocycles. The van der Waals surface area contributed by atoms with Gasteiger partial charge in [0.15, 0.2) is 0 Å². The van der Waals surface area contributed by atoms with Crippen molar-refractivity contribution in [2.45, 2.75) is 20.0 Å². The maximum Gasteiger partial charge on any atom is 0.128 e. The molecule has 14 heavy (non-hydrogen) atoms. The third-order valence-electron chi connectivity index (χ3n) is 1.53. The van der Waals surface area contributed by atoms with Crippen molar-refractivity contribution in [3.63, 3.8) is 0 Å². The molecule has 1 aromatic carbocycles. The average molecular weight is 258 g/mol. The Morgan fingerprint density at radius 2 is 2.21 bits per heavy atom. The molecule has 4 heteroatoms. The van der Waals surface area contributed by atoms with Crippen LogP contribution in [0.5, 0.6) is 5.75 Å². The molecule has 0 spiro atoms. The fourth-order valence-corrected chi connectivity index (χ4v) is 1.42. The summed E-state index contributed by atoms with van der Waals surface area (Å²) in [4.78, 5) is 0. The van der Waals surface area contributed by atoms with Crippen molar-refractivity contribution in [2.24, 2.45) is 5.16 Å². The highest BCUT2D eigenvalue weighted by atomic mass is 79.9. The van der Waals surface area contributed by atoms with Crippen molar-refractivity contribution in [1.29, 1.82) is 0 Å². The number of ether oxygens (including phenoxy) is 1. The Hall–Kier alpha value is -1.03. The van der Waals surface area contributed by atoms with Crippen molar-refractivity contribution in [3.8, 4) is 5.75 Å². The summed E-state index contributed by atoms with van der Waals surface area (Å²) in [5.41, 5.74) is 0.746. The van der Waals surface area contributed by atoms with E-state index in [2.05, 4.69) is 21.1 Å². The van der Waals surface area contributed by atoms with Gasteiger partial charge >= 0.3 is 0 Å². The second-order valence-electron chi connectivity index (χ2n) is 3.09. The van der Waals surface area contributed by atoms with E-state index in [0.717, 1.165) is 10.0 Å². The van der Waals surface area contributed by atoms with Crippen molar-refractivity contribution in [3.05, 3.63) is 28.2 Å². The van der Waals surface area contributed by atoms with Crippen molar-refractivity contribution in [2.75, 3.05) is 0 Å². The molecule has 0 aromatic heterocycles. The van der Waals surface area contributed by atoms with Crippen LogP contribution in [0, 0.1) is 0 Å². The molecule has 0 saturated heterocycles. The van der Waals surface area contributed by atoms with Crippen molar-refractivity contribution >= 4 is 22.1 Å². The molecular formula is C10H12BrNO2. The first-order valence-electron chi connectivity index (χ1n) is 4.27. The van der Waals surface area contributed by atoms with E-state index in [1.165, 1.54) is 6.21 Å². The molecule has 0 radical (unpaired) electrons. The van der Waals surface area contributed by atoms with E-state index in [9.17, 15) is 0 Å². The normalized spacial score (nSPS) is 11.1. The molecule has 0 aliphatic heterocycles. The Bertz CT molecular complexity index is 337. The summed E-state index contributed by atoms with van der Waals surface area (Å²) in [5, 5.41) is 11.5. The Labute approximate surface area is 91.5 Å². The second kappa shape index (κ2) is 5.00. The van der Waals surface area contributed by atoms with Gasteiger partial charge in [-0.2, -0.15) is 0 Å². The smallest absolute Gasteiger partial charge is 0.128 e. The van der Waals surface area contributed by atoms with Crippen LogP contribution in [-0.2, 0) is 0 Å². The fourth-order valence-electron chi connectivity index (χ4n) is 1.04. The second-order valence-corrected chi connectivity index (χ2v) is 4.01. The van der Waals surface area contributed by atoms with Gasteiger partial charge in [0, 0.05) is 10.0 Å². The summed E-state index contributed by atoms with van der Waals surface area (Å²) in [6.07, 6.45) is 1.45. The van der Waals surface area contributed by atoms with Gasteiger partial charge in [-0.05, 0) is 32.0 Å². The number of halogens is 1. The Morgan fingerprint density at radius 1 is 1.50 bits per heavy atom. The Morgan fingerprint density at radius 3 is 2.79 bits per heavy atom. The molecular weight excluding hydrogens is 246 g/mol. The summed E-state index contributed by atoms with van der Waals surface area (Å²) in [7, 11) is 0. The lowest BCUT2D eigenvalue weighted by Crippen LogP contribution is -2.07. The topological polar surface area (TPSA) is 41.8 Å². The van der Waals surface area contributed by atoms with E-state index in [1.54, 1.807) is 0 Å². The zero-order chi connectivity index (χ0) is 10.6. The molecule has 0 amide bonds. The van der Waals surface area contributed by atoms with Gasteiger partial charge in [-0.15, -0.1) is 0 Å². The first-order valence-corrected chi connectivity index (χ1v) is 5.06. The number of hydrogen-bond acceptors (Lipinski definition) is 3. The van der Waals surface area contributed by atoms with Gasteiger partial charge in [0.2, 0.25) is 0 Å². The maximum absolute atomic E-state index is 8.47. The van der Waals surface area contributed by atoms with Crippen LogP contribution in [0.15, 0.2) is 27.8 Å². The molecule has 0 unspecified atom stereocenters. The Balaban J connectivity index is 3.01. The summed E-state index contributed by atoms with van der Waals surface area (Å²) < 4.78 is 6.45. The predicted molar refractivity (Wildman–Crippen MR) is 59.3 cm³/mol. The van der Waals surface area contributed by atoms with Gasteiger partial charge in [-0.1, -0.05) is 21.1 Å². The summed E-state index contributed by atoms with van der Waals surface area (Å²) in [5.74, 6) is 0.709. The number of hydrogen-bond donors (Lipinski definition) is 1. The molecule has 0 aliphatic rings. The molecule has 0 atom stereocenters. The van der Waals surface area contributed by atoms with Crippen LogP contribution in [0.4, 0.5) is 0 Å². The van der Waals surface area contributed by atoms with E-state index in [1.807, 2.05) is 32.0 Å². The zero-order valence-corrected chi connectivity index (χ0v) is 9.65. The SMILES string of the molecule is CC(C)Oc1ccc(Br)cc1C=NO. The molecule has 0 aliphatic carbocycles. The van der Waals surface area contributed by atoms with Gasteiger partial charge in [0.25, 0.3) is 0 Å². The fraction of sp³-hybridized carbons (Fsp3) is 0.300. The minimum atomic E-state index is 0.0991. The van der Waals surface area contributed by atoms with Gasteiger partial charge in [0.05, 0.1) is 12.3 Å². The monoisotopic (exact) mass is 257 g/mol. The highest BCUT2D eigenvalue weighted by Gasteiger charge is 2.04. The number of rotatable bonds is 3. The average Bonchev–Trinajstić information content (AvgIpc) is 2.09. The van der Waals surface area contributed by atoms with Gasteiger partial charge in [0.1, 0.15) is 5.75 Å². The highest BCUT2D eigenvalue weighted by molar-refractivity contribution is 9.10. The molecule has 1 aromatic rings. The van der Waals surface area contributed by atoms with Gasteiger partial charge in [-0.25, -0.2) is 0 Å². The standard InChI is InChI=1S/C10H12BrNO2/c1-7(2)14-10-4-3-9(11)5-8(10)6-12-13/h3-7,13H,1-2H3. The predicted octanol–water partition coefficient (Wildman–Crippen LogP) is 3.04. The van der Waals surface area contributed by atoms with Crippen molar-refractivity contribution < 1.29 is 9.94 Å². The van der Waals surface area contributed by atoms with E-state index in [0.29, 0.717) is 5.75 Å². The van der Waals surface area contributed by atoms with Gasteiger partial charge in [-0.3, -0.25) is 0 Å². The first-order chi connectivity index (χ1) is 6.63. The first kappa shape index (κ1) is 11.0. The van der Waals surface area contributed by atoms with E-state index in [4.69, 9.17) is 9.94 Å². The van der Waals surface area contributed by atoms with E-state index < -0.39 is 0 Å². The molecule has 0 fully saturated rings. The summed E-state index contributed by atoms with van der Waals surface area (Å²) >= 11 is 3.33. The van der Waals surface area contributed by atoms with Crippen LogP contribution in [0.1, 0.15) is 19.4 Å². The lowest BCUT2D eigenvalue weighted by molar-refractivity contribution is 0.242. The third-order valence-corrected chi connectivity index (χ3v) is 2.02. The molecule has 1 rings (SSSR count). The van der Waals surface area contributed by atoms with Crippen LogP contribution in [-0.4, -0.2) is 17.5 Å². The number of oxime groups is 1. The van der Waals surface area contributed by atoms with E-state index in [-0.39, 0.29) is 6.10 Å². The molecule has 0 bridgehead atoms. The third kappa shape index (κ3) is 3.03. The van der Waals surface area contributed by atoms with Crippen LogP contribution < -0.4 is 4.74 Å². The minimum absolute atomic E-state index is 0.0991. The lowest BCUT2D eigenvalue weighted by atomic mass is 10.2. The van der Waals surface area contributed by atoms with Crippen LogP contribution >= 0.6 is 15.9 Å². The van der Waals surface area contributed by atoms with E-state index >= 15 is 0 Å². The molecule has 76 valence electrons. The van der Waals surface area contributed by atoms with Crippen LogP contribution in [0.25, 0.3) is 0 Å². The van der Waals surface area contributed by atoms with Gasteiger partial charge < -0.3 is 9.94 Å².